The zero-order valence-corrected chi connectivity index (χ0v) is 11.4. The molecule has 0 aliphatic carbocycles. The summed E-state index contributed by atoms with van der Waals surface area (Å²) < 4.78 is 18.1. The van der Waals surface area contributed by atoms with Gasteiger partial charge in [-0.2, -0.15) is 0 Å². The summed E-state index contributed by atoms with van der Waals surface area (Å²) >= 11 is 0. The Labute approximate surface area is 109 Å². The average molecular weight is 254 g/mol. The molecular weight excluding hydrogens is 231 g/mol. The molecule has 4 heteroatoms. The quantitative estimate of drug-likeness (QED) is 0.698. The van der Waals surface area contributed by atoms with E-state index in [0.29, 0.717) is 11.8 Å². The standard InChI is InChI=1S/C14H23FN2O/c1-11(2)17-8-4-7-16-10-12-5-6-13(15)14(9-12)18-3/h5-6,9,11,16-17H,4,7-8,10H2,1-3H3. The highest BCUT2D eigenvalue weighted by Gasteiger charge is 2.02. The maximum atomic E-state index is 13.2. The highest BCUT2D eigenvalue weighted by atomic mass is 19.1. The predicted molar refractivity (Wildman–Crippen MR) is 72.4 cm³/mol. The molecule has 3 nitrogen and oxygen atoms in total. The van der Waals surface area contributed by atoms with Crippen molar-refractivity contribution < 1.29 is 9.13 Å². The molecule has 0 heterocycles. The summed E-state index contributed by atoms with van der Waals surface area (Å²) in [5, 5.41) is 6.69. The van der Waals surface area contributed by atoms with Crippen molar-refractivity contribution in [1.82, 2.24) is 10.6 Å². The van der Waals surface area contributed by atoms with Crippen molar-refractivity contribution >= 4 is 0 Å². The fraction of sp³-hybridized carbons (Fsp3) is 0.571. The minimum Gasteiger partial charge on any atom is -0.494 e. The van der Waals surface area contributed by atoms with E-state index in [1.165, 1.54) is 13.2 Å². The third-order valence-electron chi connectivity index (χ3n) is 2.63. The van der Waals surface area contributed by atoms with Crippen molar-refractivity contribution in [3.05, 3.63) is 29.6 Å². The molecule has 0 aliphatic heterocycles. The van der Waals surface area contributed by atoms with Gasteiger partial charge in [0.1, 0.15) is 0 Å². The molecule has 2 N–H and O–H groups in total. The molecule has 102 valence electrons. The van der Waals surface area contributed by atoms with Gasteiger partial charge in [-0.15, -0.1) is 0 Å². The van der Waals surface area contributed by atoms with Crippen LogP contribution in [0.4, 0.5) is 4.39 Å². The van der Waals surface area contributed by atoms with Crippen LogP contribution in [0.5, 0.6) is 5.75 Å². The number of methoxy groups -OCH3 is 1. The zero-order chi connectivity index (χ0) is 13.4. The largest absolute Gasteiger partial charge is 0.494 e. The summed E-state index contributed by atoms with van der Waals surface area (Å²) in [6, 6.07) is 5.48. The van der Waals surface area contributed by atoms with Gasteiger partial charge in [-0.25, -0.2) is 4.39 Å². The van der Waals surface area contributed by atoms with Crippen LogP contribution in [0.2, 0.25) is 0 Å². The number of hydrogen-bond acceptors (Lipinski definition) is 3. The average Bonchev–Trinajstić information content (AvgIpc) is 2.35. The molecule has 0 atom stereocenters. The zero-order valence-electron chi connectivity index (χ0n) is 11.4. The normalized spacial score (nSPS) is 10.9. The molecule has 1 aromatic carbocycles. The minimum atomic E-state index is -0.317. The van der Waals surface area contributed by atoms with Crippen LogP contribution in [-0.2, 0) is 6.54 Å². The highest BCUT2D eigenvalue weighted by Crippen LogP contribution is 2.17. The Balaban J connectivity index is 2.23. The van der Waals surface area contributed by atoms with Gasteiger partial charge in [-0.05, 0) is 37.2 Å². The third kappa shape index (κ3) is 5.47. The van der Waals surface area contributed by atoms with Crippen LogP contribution in [0.3, 0.4) is 0 Å². The van der Waals surface area contributed by atoms with Crippen LogP contribution < -0.4 is 15.4 Å². The minimum absolute atomic E-state index is 0.302. The Morgan fingerprint density at radius 1 is 1.28 bits per heavy atom. The lowest BCUT2D eigenvalue weighted by atomic mass is 10.2. The van der Waals surface area contributed by atoms with Gasteiger partial charge < -0.3 is 15.4 Å². The molecule has 0 saturated heterocycles. The Morgan fingerprint density at radius 3 is 2.72 bits per heavy atom. The van der Waals surface area contributed by atoms with Gasteiger partial charge in [-0.1, -0.05) is 19.9 Å². The van der Waals surface area contributed by atoms with Crippen LogP contribution in [-0.4, -0.2) is 26.2 Å². The second-order valence-electron chi connectivity index (χ2n) is 4.61. The first kappa shape index (κ1) is 14.9. The van der Waals surface area contributed by atoms with Gasteiger partial charge in [0.25, 0.3) is 0 Å². The molecule has 0 fully saturated rings. The van der Waals surface area contributed by atoms with Gasteiger partial charge in [0, 0.05) is 12.6 Å². The molecular formula is C14H23FN2O. The Kier molecular flexibility index (Phi) is 6.68. The molecule has 1 aromatic rings. The number of hydrogen-bond donors (Lipinski definition) is 2. The van der Waals surface area contributed by atoms with Crippen LogP contribution >= 0.6 is 0 Å². The van der Waals surface area contributed by atoms with E-state index in [4.69, 9.17) is 4.74 Å². The SMILES string of the molecule is COc1cc(CNCCCNC(C)C)ccc1F. The van der Waals surface area contributed by atoms with E-state index in [9.17, 15) is 4.39 Å². The number of halogens is 1. The fourth-order valence-electron chi connectivity index (χ4n) is 1.65. The number of ether oxygens (including phenoxy) is 1. The monoisotopic (exact) mass is 254 g/mol. The number of nitrogens with one attached hydrogen (secondary N) is 2. The summed E-state index contributed by atoms with van der Waals surface area (Å²) in [6.45, 7) is 6.96. The smallest absolute Gasteiger partial charge is 0.165 e. The van der Waals surface area contributed by atoms with Gasteiger partial charge >= 0.3 is 0 Å². The molecule has 0 amide bonds. The summed E-state index contributed by atoms with van der Waals surface area (Å²) in [4.78, 5) is 0. The molecule has 0 radical (unpaired) electrons. The Bertz CT molecular complexity index is 356. The maximum absolute atomic E-state index is 13.2. The first-order valence-corrected chi connectivity index (χ1v) is 6.40. The van der Waals surface area contributed by atoms with E-state index in [2.05, 4.69) is 24.5 Å². The second-order valence-corrected chi connectivity index (χ2v) is 4.61. The van der Waals surface area contributed by atoms with Crippen LogP contribution in [0, 0.1) is 5.82 Å². The summed E-state index contributed by atoms with van der Waals surface area (Å²) in [6.07, 6.45) is 1.08. The van der Waals surface area contributed by atoms with E-state index >= 15 is 0 Å². The lowest BCUT2D eigenvalue weighted by Gasteiger charge is -2.09. The highest BCUT2D eigenvalue weighted by molar-refractivity contribution is 5.30. The van der Waals surface area contributed by atoms with Crippen molar-refractivity contribution in [2.75, 3.05) is 20.2 Å². The van der Waals surface area contributed by atoms with Crippen LogP contribution in [0.25, 0.3) is 0 Å². The fourth-order valence-corrected chi connectivity index (χ4v) is 1.65. The van der Waals surface area contributed by atoms with Gasteiger partial charge in [0.05, 0.1) is 7.11 Å². The van der Waals surface area contributed by atoms with E-state index in [1.54, 1.807) is 12.1 Å². The molecule has 0 spiro atoms. The van der Waals surface area contributed by atoms with Crippen molar-refractivity contribution in [3.8, 4) is 5.75 Å². The first-order valence-electron chi connectivity index (χ1n) is 6.40. The topological polar surface area (TPSA) is 33.3 Å². The third-order valence-corrected chi connectivity index (χ3v) is 2.63. The van der Waals surface area contributed by atoms with Crippen molar-refractivity contribution in [3.63, 3.8) is 0 Å². The predicted octanol–water partition coefficient (Wildman–Crippen LogP) is 2.31. The molecule has 0 bridgehead atoms. The molecule has 1 rings (SSSR count). The van der Waals surface area contributed by atoms with E-state index < -0.39 is 0 Å². The summed E-state index contributed by atoms with van der Waals surface area (Å²) in [5.41, 5.74) is 1.03. The molecule has 0 aromatic heterocycles. The van der Waals surface area contributed by atoms with Gasteiger partial charge in [0.15, 0.2) is 11.6 Å². The molecule has 0 unspecified atom stereocenters. The Hall–Kier alpha value is -1.13. The van der Waals surface area contributed by atoms with Gasteiger partial charge in [0.2, 0.25) is 0 Å². The Morgan fingerprint density at radius 2 is 2.06 bits per heavy atom. The number of rotatable bonds is 8. The first-order chi connectivity index (χ1) is 8.63. The second kappa shape index (κ2) is 8.06. The van der Waals surface area contributed by atoms with Crippen LogP contribution in [0.1, 0.15) is 25.8 Å². The molecule has 18 heavy (non-hydrogen) atoms. The summed E-state index contributed by atoms with van der Waals surface area (Å²) in [5.74, 6) is -0.0156. The van der Waals surface area contributed by atoms with E-state index in [-0.39, 0.29) is 5.82 Å². The van der Waals surface area contributed by atoms with Crippen LogP contribution in [0.15, 0.2) is 18.2 Å². The molecule has 0 saturated carbocycles. The van der Waals surface area contributed by atoms with E-state index in [1.807, 2.05) is 0 Å². The van der Waals surface area contributed by atoms with E-state index in [0.717, 1.165) is 31.6 Å². The van der Waals surface area contributed by atoms with Crippen molar-refractivity contribution in [2.24, 2.45) is 0 Å². The number of benzene rings is 1. The lowest BCUT2D eigenvalue weighted by Crippen LogP contribution is -2.26. The lowest BCUT2D eigenvalue weighted by molar-refractivity contribution is 0.385. The van der Waals surface area contributed by atoms with Crippen molar-refractivity contribution in [2.45, 2.75) is 32.9 Å². The maximum Gasteiger partial charge on any atom is 0.165 e. The molecule has 0 aliphatic rings. The van der Waals surface area contributed by atoms with Crippen molar-refractivity contribution in [1.29, 1.82) is 0 Å². The van der Waals surface area contributed by atoms with Gasteiger partial charge in [-0.3, -0.25) is 0 Å². The summed E-state index contributed by atoms with van der Waals surface area (Å²) in [7, 11) is 1.48.